The molecule has 3 unspecified atom stereocenters. The summed E-state index contributed by atoms with van der Waals surface area (Å²) in [5, 5.41) is 3.42. The number of hydrogen-bond donors (Lipinski definition) is 1. The quantitative estimate of drug-likeness (QED) is 0.469. The van der Waals surface area contributed by atoms with Gasteiger partial charge in [0.2, 0.25) is 0 Å². The van der Waals surface area contributed by atoms with Gasteiger partial charge in [0.1, 0.15) is 0 Å². The Kier molecular flexibility index (Phi) is 12.0. The van der Waals surface area contributed by atoms with Gasteiger partial charge in [0.05, 0.1) is 0 Å². The fourth-order valence-corrected chi connectivity index (χ4v) is 2.65. The molecule has 0 aliphatic rings. The van der Waals surface area contributed by atoms with E-state index in [1.807, 2.05) is 0 Å². The molecule has 0 radical (unpaired) electrons. The van der Waals surface area contributed by atoms with Crippen molar-refractivity contribution in [2.45, 2.75) is 79.6 Å². The van der Waals surface area contributed by atoms with Gasteiger partial charge in [-0.25, -0.2) is 0 Å². The summed E-state index contributed by atoms with van der Waals surface area (Å²) in [6.45, 7) is 14.0. The van der Waals surface area contributed by atoms with Crippen molar-refractivity contribution in [2.24, 2.45) is 17.8 Å². The lowest BCUT2D eigenvalue weighted by Gasteiger charge is -2.19. The van der Waals surface area contributed by atoms with Crippen LogP contribution >= 0.6 is 0 Å². The zero-order valence-electron chi connectivity index (χ0n) is 13.6. The molecule has 0 aromatic rings. The molecule has 0 saturated carbocycles. The van der Waals surface area contributed by atoms with Crippen LogP contribution in [0.4, 0.5) is 0 Å². The minimum atomic E-state index is 0.894. The predicted molar refractivity (Wildman–Crippen MR) is 84.0 cm³/mol. The Balaban J connectivity index is 3.59. The van der Waals surface area contributed by atoms with Crippen LogP contribution in [-0.4, -0.2) is 13.1 Å². The van der Waals surface area contributed by atoms with E-state index in [4.69, 9.17) is 0 Å². The van der Waals surface area contributed by atoms with Crippen LogP contribution in [0.1, 0.15) is 79.6 Å². The maximum atomic E-state index is 3.42. The molecular weight excluding hydrogens is 218 g/mol. The first-order valence-electron chi connectivity index (χ1n) is 8.34. The summed E-state index contributed by atoms with van der Waals surface area (Å²) in [4.78, 5) is 0. The van der Waals surface area contributed by atoms with Crippen molar-refractivity contribution in [2.75, 3.05) is 13.1 Å². The summed E-state index contributed by atoms with van der Waals surface area (Å²) >= 11 is 0. The van der Waals surface area contributed by atoms with Crippen molar-refractivity contribution in [1.82, 2.24) is 5.32 Å². The molecule has 110 valence electrons. The molecule has 3 atom stereocenters. The van der Waals surface area contributed by atoms with Gasteiger partial charge >= 0.3 is 0 Å². The van der Waals surface area contributed by atoms with Crippen molar-refractivity contribution in [3.05, 3.63) is 0 Å². The summed E-state index contributed by atoms with van der Waals surface area (Å²) in [7, 11) is 0. The normalized spacial score (nSPS) is 16.5. The smallest absolute Gasteiger partial charge is 0.00465 e. The summed E-state index contributed by atoms with van der Waals surface area (Å²) in [5.74, 6) is 2.78. The molecular formula is C17H37N. The second kappa shape index (κ2) is 12.0. The first-order chi connectivity index (χ1) is 8.63. The standard InChI is InChI=1S/C17H37N/c1-6-15(4)14-17(7-2)11-9-10-16(5)12-13-18-8-3/h15-18H,6-14H2,1-5H3. The molecule has 0 aromatic heterocycles. The number of nitrogens with one attached hydrogen (secondary N) is 1. The van der Waals surface area contributed by atoms with Crippen LogP contribution < -0.4 is 5.32 Å². The summed E-state index contributed by atoms with van der Waals surface area (Å²) in [6.07, 6.45) is 9.80. The van der Waals surface area contributed by atoms with Gasteiger partial charge in [-0.2, -0.15) is 0 Å². The predicted octanol–water partition coefficient (Wildman–Crippen LogP) is 5.25. The van der Waals surface area contributed by atoms with Crippen molar-refractivity contribution in [3.63, 3.8) is 0 Å². The van der Waals surface area contributed by atoms with E-state index in [1.54, 1.807) is 0 Å². The molecule has 18 heavy (non-hydrogen) atoms. The lowest BCUT2D eigenvalue weighted by molar-refractivity contribution is 0.331. The number of hydrogen-bond acceptors (Lipinski definition) is 1. The third-order valence-corrected chi connectivity index (χ3v) is 4.38. The van der Waals surface area contributed by atoms with Crippen LogP contribution in [0.3, 0.4) is 0 Å². The van der Waals surface area contributed by atoms with Crippen LogP contribution in [-0.2, 0) is 0 Å². The van der Waals surface area contributed by atoms with Crippen LogP contribution in [0.5, 0.6) is 0 Å². The fraction of sp³-hybridized carbons (Fsp3) is 1.00. The minimum absolute atomic E-state index is 0.894. The van der Waals surface area contributed by atoms with E-state index in [1.165, 1.54) is 51.5 Å². The molecule has 1 N–H and O–H groups in total. The monoisotopic (exact) mass is 255 g/mol. The summed E-state index contributed by atoms with van der Waals surface area (Å²) < 4.78 is 0. The van der Waals surface area contributed by atoms with Crippen LogP contribution in [0, 0.1) is 17.8 Å². The van der Waals surface area contributed by atoms with Gasteiger partial charge in [0.15, 0.2) is 0 Å². The van der Waals surface area contributed by atoms with E-state index in [0.717, 1.165) is 24.3 Å². The fourth-order valence-electron chi connectivity index (χ4n) is 2.65. The van der Waals surface area contributed by atoms with Crippen LogP contribution in [0.25, 0.3) is 0 Å². The van der Waals surface area contributed by atoms with E-state index in [-0.39, 0.29) is 0 Å². The molecule has 0 fully saturated rings. The molecule has 0 aliphatic heterocycles. The second-order valence-electron chi connectivity index (χ2n) is 6.20. The first-order valence-corrected chi connectivity index (χ1v) is 8.34. The Hall–Kier alpha value is -0.0400. The molecule has 0 heterocycles. The highest BCUT2D eigenvalue weighted by atomic mass is 14.8. The summed E-state index contributed by atoms with van der Waals surface area (Å²) in [6, 6.07) is 0. The molecule has 1 nitrogen and oxygen atoms in total. The largest absolute Gasteiger partial charge is 0.317 e. The van der Waals surface area contributed by atoms with E-state index >= 15 is 0 Å². The van der Waals surface area contributed by atoms with Gasteiger partial charge in [-0.3, -0.25) is 0 Å². The summed E-state index contributed by atoms with van der Waals surface area (Å²) in [5.41, 5.74) is 0. The molecule has 0 spiro atoms. The minimum Gasteiger partial charge on any atom is -0.317 e. The second-order valence-corrected chi connectivity index (χ2v) is 6.20. The van der Waals surface area contributed by atoms with E-state index in [0.29, 0.717) is 0 Å². The SMILES string of the molecule is CCNCCC(C)CCCC(CC)CC(C)CC. The number of rotatable bonds is 12. The van der Waals surface area contributed by atoms with Gasteiger partial charge in [0, 0.05) is 0 Å². The molecule has 0 rings (SSSR count). The van der Waals surface area contributed by atoms with Gasteiger partial charge < -0.3 is 5.32 Å². The van der Waals surface area contributed by atoms with E-state index in [2.05, 4.69) is 39.9 Å². The molecule has 0 bridgehead atoms. The van der Waals surface area contributed by atoms with E-state index in [9.17, 15) is 0 Å². The van der Waals surface area contributed by atoms with Crippen molar-refractivity contribution >= 4 is 0 Å². The van der Waals surface area contributed by atoms with Crippen LogP contribution in [0.2, 0.25) is 0 Å². The highest BCUT2D eigenvalue weighted by Gasteiger charge is 2.11. The van der Waals surface area contributed by atoms with Crippen molar-refractivity contribution < 1.29 is 0 Å². The van der Waals surface area contributed by atoms with E-state index < -0.39 is 0 Å². The molecule has 0 saturated heterocycles. The van der Waals surface area contributed by atoms with Gasteiger partial charge in [-0.1, -0.05) is 66.7 Å². The maximum absolute atomic E-state index is 3.42. The Labute approximate surface area is 116 Å². The topological polar surface area (TPSA) is 12.0 Å². The Morgan fingerprint density at radius 2 is 1.56 bits per heavy atom. The Bertz CT molecular complexity index is 167. The van der Waals surface area contributed by atoms with Gasteiger partial charge in [0.25, 0.3) is 0 Å². The highest BCUT2D eigenvalue weighted by molar-refractivity contribution is 4.64. The average molecular weight is 255 g/mol. The maximum Gasteiger partial charge on any atom is -0.00465 e. The zero-order chi connectivity index (χ0) is 13.8. The lowest BCUT2D eigenvalue weighted by Crippen LogP contribution is -2.16. The van der Waals surface area contributed by atoms with Gasteiger partial charge in [-0.05, 0) is 43.7 Å². The van der Waals surface area contributed by atoms with Crippen molar-refractivity contribution in [1.29, 1.82) is 0 Å². The molecule has 0 aliphatic carbocycles. The lowest BCUT2D eigenvalue weighted by atomic mass is 9.87. The average Bonchev–Trinajstić information content (AvgIpc) is 2.37. The van der Waals surface area contributed by atoms with Crippen molar-refractivity contribution in [3.8, 4) is 0 Å². The third-order valence-electron chi connectivity index (χ3n) is 4.38. The molecule has 0 amide bonds. The highest BCUT2D eigenvalue weighted by Crippen LogP contribution is 2.24. The Morgan fingerprint density at radius 3 is 2.11 bits per heavy atom. The first kappa shape index (κ1) is 18.0. The third kappa shape index (κ3) is 9.94. The molecule has 1 heteroatoms. The zero-order valence-corrected chi connectivity index (χ0v) is 13.6. The van der Waals surface area contributed by atoms with Gasteiger partial charge in [-0.15, -0.1) is 0 Å². The van der Waals surface area contributed by atoms with Crippen LogP contribution in [0.15, 0.2) is 0 Å². The Morgan fingerprint density at radius 1 is 0.833 bits per heavy atom. The molecule has 0 aromatic carbocycles.